The van der Waals surface area contributed by atoms with Crippen LogP contribution >= 0.6 is 0 Å². The van der Waals surface area contributed by atoms with Crippen LogP contribution in [-0.4, -0.2) is 51.5 Å². The molecule has 0 bridgehead atoms. The van der Waals surface area contributed by atoms with E-state index in [0.29, 0.717) is 24.2 Å². The fourth-order valence-corrected chi connectivity index (χ4v) is 4.01. The number of hydrogen-bond acceptors (Lipinski definition) is 3. The lowest BCUT2D eigenvalue weighted by Crippen LogP contribution is -2.66. The Balaban J connectivity index is 1.87. The molecule has 2 atom stereocenters. The lowest BCUT2D eigenvalue weighted by Gasteiger charge is -2.57. The van der Waals surface area contributed by atoms with Gasteiger partial charge in [-0.1, -0.05) is 19.3 Å². The van der Waals surface area contributed by atoms with Gasteiger partial charge in [0.05, 0.1) is 12.7 Å². The van der Waals surface area contributed by atoms with Crippen LogP contribution < -0.4 is 10.6 Å². The maximum atomic E-state index is 6.01. The van der Waals surface area contributed by atoms with Crippen molar-refractivity contribution in [2.75, 3.05) is 33.4 Å². The first-order chi connectivity index (χ1) is 10.8. The van der Waals surface area contributed by atoms with Gasteiger partial charge >= 0.3 is 0 Å². The molecular formula is C17H33N3O2. The van der Waals surface area contributed by atoms with Crippen molar-refractivity contribution in [1.82, 2.24) is 10.6 Å². The number of nitrogens with zero attached hydrogens (tertiary/aromatic N) is 1. The summed E-state index contributed by atoms with van der Waals surface area (Å²) in [4.78, 5) is 4.35. The van der Waals surface area contributed by atoms with Gasteiger partial charge in [0.25, 0.3) is 0 Å². The molecule has 2 fully saturated rings. The summed E-state index contributed by atoms with van der Waals surface area (Å²) in [5.74, 6) is 0.893. The summed E-state index contributed by atoms with van der Waals surface area (Å²) in [5.41, 5.74) is 0.325. The zero-order chi connectivity index (χ0) is 15.8. The average Bonchev–Trinajstić information content (AvgIpc) is 2.56. The zero-order valence-corrected chi connectivity index (χ0v) is 14.5. The molecule has 2 N–H and O–H groups in total. The smallest absolute Gasteiger partial charge is 0.191 e. The quantitative estimate of drug-likeness (QED) is 0.430. The lowest BCUT2D eigenvalue weighted by atomic mass is 9.55. The number of guanidine groups is 1. The van der Waals surface area contributed by atoms with Crippen LogP contribution in [0, 0.1) is 5.41 Å². The summed E-state index contributed by atoms with van der Waals surface area (Å²) in [7, 11) is 1.84. The molecule has 0 aliphatic heterocycles. The SMILES string of the molecule is CCOCCNC(=NC)NC1CC(OCC)C12CCCCC2. The Labute approximate surface area is 135 Å². The largest absolute Gasteiger partial charge is 0.380 e. The number of aliphatic imine (C=N–C) groups is 1. The normalized spacial score (nSPS) is 27.5. The van der Waals surface area contributed by atoms with E-state index in [9.17, 15) is 0 Å². The Morgan fingerprint density at radius 3 is 2.59 bits per heavy atom. The van der Waals surface area contributed by atoms with Crippen LogP contribution in [0.4, 0.5) is 0 Å². The molecule has 2 rings (SSSR count). The first-order valence-corrected chi connectivity index (χ1v) is 8.93. The topological polar surface area (TPSA) is 54.9 Å². The van der Waals surface area contributed by atoms with E-state index >= 15 is 0 Å². The van der Waals surface area contributed by atoms with E-state index in [1.165, 1.54) is 32.1 Å². The van der Waals surface area contributed by atoms with Crippen molar-refractivity contribution in [1.29, 1.82) is 0 Å². The van der Waals surface area contributed by atoms with E-state index in [0.717, 1.165) is 32.1 Å². The first kappa shape index (κ1) is 17.5. The van der Waals surface area contributed by atoms with Gasteiger partial charge < -0.3 is 20.1 Å². The van der Waals surface area contributed by atoms with Crippen LogP contribution in [0.1, 0.15) is 52.4 Å². The fraction of sp³-hybridized carbons (Fsp3) is 0.941. The number of nitrogens with one attached hydrogen (secondary N) is 2. The third-order valence-corrected chi connectivity index (χ3v) is 5.21. The van der Waals surface area contributed by atoms with Gasteiger partial charge in [-0.05, 0) is 33.1 Å². The molecule has 0 radical (unpaired) electrons. The second-order valence-electron chi connectivity index (χ2n) is 6.37. The maximum absolute atomic E-state index is 6.01. The van der Waals surface area contributed by atoms with E-state index in [1.54, 1.807) is 0 Å². The fourth-order valence-electron chi connectivity index (χ4n) is 4.01. The van der Waals surface area contributed by atoms with Crippen LogP contribution in [0.25, 0.3) is 0 Å². The third kappa shape index (κ3) is 3.93. The first-order valence-electron chi connectivity index (χ1n) is 8.93. The summed E-state index contributed by atoms with van der Waals surface area (Å²) in [6, 6.07) is 0.489. The maximum Gasteiger partial charge on any atom is 0.191 e. The molecule has 0 aromatic rings. The van der Waals surface area contributed by atoms with E-state index in [-0.39, 0.29) is 0 Å². The number of rotatable bonds is 7. The van der Waals surface area contributed by atoms with E-state index in [4.69, 9.17) is 9.47 Å². The Kier molecular flexibility index (Phi) is 6.96. The molecule has 5 heteroatoms. The Bertz CT molecular complexity index is 354. The molecule has 0 amide bonds. The second kappa shape index (κ2) is 8.73. The highest BCUT2D eigenvalue weighted by molar-refractivity contribution is 5.80. The molecule has 0 heterocycles. The standard InChI is InChI=1S/C17H33N3O2/c1-4-21-12-11-19-16(18-3)20-14-13-15(22-5-2)17(14)9-7-6-8-10-17/h14-15H,4-13H2,1-3H3,(H2,18,19,20). The van der Waals surface area contributed by atoms with Crippen molar-refractivity contribution in [3.05, 3.63) is 0 Å². The molecule has 128 valence electrons. The highest BCUT2D eigenvalue weighted by atomic mass is 16.5. The highest BCUT2D eigenvalue weighted by Gasteiger charge is 2.55. The molecule has 22 heavy (non-hydrogen) atoms. The predicted molar refractivity (Wildman–Crippen MR) is 90.3 cm³/mol. The van der Waals surface area contributed by atoms with Crippen LogP contribution in [0.15, 0.2) is 4.99 Å². The Morgan fingerprint density at radius 2 is 1.95 bits per heavy atom. The molecule has 1 spiro atoms. The Morgan fingerprint density at radius 1 is 1.18 bits per heavy atom. The van der Waals surface area contributed by atoms with Gasteiger partial charge in [0, 0.05) is 38.3 Å². The predicted octanol–water partition coefficient (Wildman–Crippen LogP) is 2.32. The van der Waals surface area contributed by atoms with Gasteiger partial charge in [-0.25, -0.2) is 0 Å². The molecule has 2 unspecified atom stereocenters. The van der Waals surface area contributed by atoms with Crippen LogP contribution in [0.2, 0.25) is 0 Å². The molecule has 0 aromatic carbocycles. The number of hydrogen-bond donors (Lipinski definition) is 2. The molecule has 0 aromatic heterocycles. The van der Waals surface area contributed by atoms with E-state index < -0.39 is 0 Å². The number of ether oxygens (including phenoxy) is 2. The van der Waals surface area contributed by atoms with Crippen molar-refractivity contribution in [3.8, 4) is 0 Å². The summed E-state index contributed by atoms with van der Waals surface area (Å²) in [5, 5.41) is 6.98. The minimum absolute atomic E-state index is 0.325. The van der Waals surface area contributed by atoms with Gasteiger partial charge in [-0.3, -0.25) is 4.99 Å². The van der Waals surface area contributed by atoms with Crippen LogP contribution in [0.3, 0.4) is 0 Å². The molecule has 5 nitrogen and oxygen atoms in total. The van der Waals surface area contributed by atoms with Crippen molar-refractivity contribution < 1.29 is 9.47 Å². The zero-order valence-electron chi connectivity index (χ0n) is 14.5. The van der Waals surface area contributed by atoms with Gasteiger partial charge in [-0.15, -0.1) is 0 Å². The van der Waals surface area contributed by atoms with Gasteiger partial charge in [0.1, 0.15) is 0 Å². The van der Waals surface area contributed by atoms with Gasteiger partial charge in [-0.2, -0.15) is 0 Å². The van der Waals surface area contributed by atoms with Crippen molar-refractivity contribution >= 4 is 5.96 Å². The molecule has 2 aliphatic rings. The summed E-state index contributed by atoms with van der Waals surface area (Å²) in [6.45, 7) is 7.21. The van der Waals surface area contributed by atoms with Gasteiger partial charge in [0.2, 0.25) is 0 Å². The van der Waals surface area contributed by atoms with Gasteiger partial charge in [0.15, 0.2) is 5.96 Å². The summed E-state index contributed by atoms with van der Waals surface area (Å²) < 4.78 is 11.4. The van der Waals surface area contributed by atoms with Crippen molar-refractivity contribution in [2.45, 2.75) is 64.5 Å². The molecular weight excluding hydrogens is 278 g/mol. The van der Waals surface area contributed by atoms with Crippen molar-refractivity contribution in [3.63, 3.8) is 0 Å². The molecule has 2 aliphatic carbocycles. The second-order valence-corrected chi connectivity index (χ2v) is 6.37. The van der Waals surface area contributed by atoms with Crippen LogP contribution in [-0.2, 0) is 9.47 Å². The average molecular weight is 311 g/mol. The summed E-state index contributed by atoms with van der Waals surface area (Å²) >= 11 is 0. The third-order valence-electron chi connectivity index (χ3n) is 5.21. The molecule has 0 saturated heterocycles. The minimum atomic E-state index is 0.325. The Hall–Kier alpha value is -0.810. The van der Waals surface area contributed by atoms with E-state index in [2.05, 4.69) is 22.5 Å². The minimum Gasteiger partial charge on any atom is -0.380 e. The summed E-state index contributed by atoms with van der Waals surface area (Å²) in [6.07, 6.45) is 8.12. The molecule has 2 saturated carbocycles. The van der Waals surface area contributed by atoms with Crippen LogP contribution in [0.5, 0.6) is 0 Å². The van der Waals surface area contributed by atoms with E-state index in [1.807, 2.05) is 14.0 Å². The lowest BCUT2D eigenvalue weighted by molar-refractivity contribution is -0.145. The monoisotopic (exact) mass is 311 g/mol. The van der Waals surface area contributed by atoms with Crippen molar-refractivity contribution in [2.24, 2.45) is 10.4 Å². The highest BCUT2D eigenvalue weighted by Crippen LogP contribution is 2.53.